The Morgan fingerprint density at radius 3 is 2.63 bits per heavy atom. The van der Waals surface area contributed by atoms with Crippen LogP contribution in [0.1, 0.15) is 77.0 Å². The van der Waals surface area contributed by atoms with Crippen molar-refractivity contribution in [3.05, 3.63) is 11.8 Å². The van der Waals surface area contributed by atoms with Gasteiger partial charge in [-0.25, -0.2) is 8.42 Å². The van der Waals surface area contributed by atoms with Crippen molar-refractivity contribution in [3.63, 3.8) is 0 Å². The minimum Gasteiger partial charge on any atom is -0.388 e. The number of hydrogen-bond acceptors (Lipinski definition) is 4. The van der Waals surface area contributed by atoms with Crippen LogP contribution in [0.4, 0.5) is 0 Å². The van der Waals surface area contributed by atoms with Crippen molar-refractivity contribution in [2.45, 2.75) is 94.4 Å². The van der Waals surface area contributed by atoms with E-state index in [1.165, 1.54) is 51.5 Å². The molecule has 154 valence electrons. The van der Waals surface area contributed by atoms with Gasteiger partial charge in [0.1, 0.15) is 0 Å². The lowest BCUT2D eigenvalue weighted by atomic mass is 9.74. The van der Waals surface area contributed by atoms with Gasteiger partial charge >= 0.3 is 0 Å². The number of fused-ring (bicyclic) bond motifs is 1. The summed E-state index contributed by atoms with van der Waals surface area (Å²) in [6, 6.07) is 1.32. The van der Waals surface area contributed by atoms with Crippen LogP contribution in [0.2, 0.25) is 0 Å². The number of sulfone groups is 1. The molecule has 27 heavy (non-hydrogen) atoms. The maximum atomic E-state index is 12.8. The average Bonchev–Trinajstić information content (AvgIpc) is 3.27. The fourth-order valence-corrected chi connectivity index (χ4v) is 8.14. The van der Waals surface area contributed by atoms with Crippen molar-refractivity contribution in [2.24, 2.45) is 11.8 Å². The van der Waals surface area contributed by atoms with E-state index in [4.69, 9.17) is 0 Å². The summed E-state index contributed by atoms with van der Waals surface area (Å²) < 4.78 is 25.5. The van der Waals surface area contributed by atoms with Crippen molar-refractivity contribution < 1.29 is 8.42 Å². The first-order chi connectivity index (χ1) is 13.0. The predicted octanol–water partition coefficient (Wildman–Crippen LogP) is 3.88. The Morgan fingerprint density at radius 2 is 1.89 bits per heavy atom. The molecule has 2 heterocycles. The van der Waals surface area contributed by atoms with Gasteiger partial charge in [-0.3, -0.25) is 0 Å². The number of nitrogens with zero attached hydrogens (tertiary/aromatic N) is 1. The van der Waals surface area contributed by atoms with Crippen LogP contribution >= 0.6 is 0 Å². The Hall–Kier alpha value is -0.550. The predicted molar refractivity (Wildman–Crippen MR) is 111 cm³/mol. The number of rotatable bonds is 6. The zero-order valence-electron chi connectivity index (χ0n) is 17.0. The lowest BCUT2D eigenvalue weighted by molar-refractivity contribution is 0.240. The Bertz CT molecular complexity index is 639. The summed E-state index contributed by atoms with van der Waals surface area (Å²) in [7, 11) is -0.619. The molecule has 4 nitrogen and oxygen atoms in total. The maximum absolute atomic E-state index is 12.8. The van der Waals surface area contributed by atoms with Gasteiger partial charge in [0.2, 0.25) is 0 Å². The average molecular weight is 395 g/mol. The molecule has 2 aliphatic carbocycles. The zero-order valence-corrected chi connectivity index (χ0v) is 17.9. The molecule has 2 saturated carbocycles. The highest BCUT2D eigenvalue weighted by atomic mass is 32.2. The largest absolute Gasteiger partial charge is 0.388 e. The second-order valence-corrected chi connectivity index (χ2v) is 12.1. The molecule has 2 aliphatic heterocycles. The molecule has 0 spiro atoms. The van der Waals surface area contributed by atoms with Gasteiger partial charge in [-0.2, -0.15) is 0 Å². The minimum absolute atomic E-state index is 0.0379. The summed E-state index contributed by atoms with van der Waals surface area (Å²) in [5.41, 5.74) is 1.61. The fourth-order valence-electron chi connectivity index (χ4n) is 6.09. The number of likely N-dealkylation sites (tertiary alicyclic amines) is 1. The third-order valence-corrected chi connectivity index (χ3v) is 10.2. The summed E-state index contributed by atoms with van der Waals surface area (Å²) >= 11 is 0. The zero-order chi connectivity index (χ0) is 18.9. The van der Waals surface area contributed by atoms with Gasteiger partial charge in [-0.05, 0) is 89.1 Å². The SMILES string of the molecule is CN1CCC[C@@H]1CC1=CNC2CCC(CCS(=O)(=O)C3CCCCC3)CC12. The molecule has 0 radical (unpaired) electrons. The Balaban J connectivity index is 1.30. The van der Waals surface area contributed by atoms with E-state index in [1.807, 2.05) is 0 Å². The molecule has 4 rings (SSSR count). The molecule has 0 amide bonds. The Morgan fingerprint density at radius 1 is 1.07 bits per heavy atom. The smallest absolute Gasteiger partial charge is 0.153 e. The van der Waals surface area contributed by atoms with Gasteiger partial charge in [-0.15, -0.1) is 0 Å². The standard InChI is InChI=1S/C22H38N2O2S/c1-24-12-5-6-19(24)15-18-16-23-22-10-9-17(14-21(18)22)11-13-27(25,26)20-7-3-2-4-8-20/h16-17,19-23H,2-15H2,1H3/t17?,19-,21?,22?/m1/s1. The van der Waals surface area contributed by atoms with E-state index in [0.717, 1.165) is 32.1 Å². The molecule has 3 unspecified atom stereocenters. The van der Waals surface area contributed by atoms with E-state index >= 15 is 0 Å². The first-order valence-corrected chi connectivity index (χ1v) is 13.1. The van der Waals surface area contributed by atoms with Gasteiger partial charge in [-0.1, -0.05) is 19.3 Å². The lowest BCUT2D eigenvalue weighted by Gasteiger charge is -2.34. The lowest BCUT2D eigenvalue weighted by Crippen LogP contribution is -2.36. The van der Waals surface area contributed by atoms with E-state index in [9.17, 15) is 8.42 Å². The van der Waals surface area contributed by atoms with E-state index < -0.39 is 9.84 Å². The first-order valence-electron chi connectivity index (χ1n) is 11.4. The molecule has 4 atom stereocenters. The molecule has 0 aromatic carbocycles. The molecular weight excluding hydrogens is 356 g/mol. The van der Waals surface area contributed by atoms with Crippen LogP contribution in [-0.2, 0) is 9.84 Å². The molecule has 4 aliphatic rings. The molecule has 1 N–H and O–H groups in total. The van der Waals surface area contributed by atoms with Crippen LogP contribution < -0.4 is 5.32 Å². The molecule has 3 fully saturated rings. The van der Waals surface area contributed by atoms with Gasteiger partial charge in [0.05, 0.1) is 11.0 Å². The van der Waals surface area contributed by atoms with Gasteiger partial charge in [0, 0.05) is 18.0 Å². The van der Waals surface area contributed by atoms with Crippen LogP contribution in [0.3, 0.4) is 0 Å². The van der Waals surface area contributed by atoms with Gasteiger partial charge < -0.3 is 10.2 Å². The normalized spacial score (nSPS) is 35.7. The summed E-state index contributed by atoms with van der Waals surface area (Å²) in [5, 5.41) is 3.61. The highest BCUT2D eigenvalue weighted by Crippen LogP contribution is 2.41. The van der Waals surface area contributed by atoms with Crippen molar-refractivity contribution in [1.82, 2.24) is 10.2 Å². The third kappa shape index (κ3) is 4.55. The summed E-state index contributed by atoms with van der Waals surface area (Å²) in [6.45, 7) is 1.24. The number of hydrogen-bond donors (Lipinski definition) is 1. The minimum atomic E-state index is -2.88. The molecule has 0 aromatic heterocycles. The monoisotopic (exact) mass is 394 g/mol. The van der Waals surface area contributed by atoms with Crippen LogP contribution in [-0.4, -0.2) is 50.0 Å². The van der Waals surface area contributed by atoms with Crippen LogP contribution in [0.25, 0.3) is 0 Å². The van der Waals surface area contributed by atoms with Crippen molar-refractivity contribution in [1.29, 1.82) is 0 Å². The van der Waals surface area contributed by atoms with Crippen LogP contribution in [0.15, 0.2) is 11.8 Å². The molecule has 1 saturated heterocycles. The maximum Gasteiger partial charge on any atom is 0.153 e. The van der Waals surface area contributed by atoms with Crippen molar-refractivity contribution in [2.75, 3.05) is 19.3 Å². The van der Waals surface area contributed by atoms with E-state index in [-0.39, 0.29) is 5.25 Å². The van der Waals surface area contributed by atoms with E-state index in [0.29, 0.717) is 29.7 Å². The molecule has 5 heteroatoms. The van der Waals surface area contributed by atoms with E-state index in [2.05, 4.69) is 23.5 Å². The first kappa shape index (κ1) is 19.8. The van der Waals surface area contributed by atoms with Crippen molar-refractivity contribution in [3.8, 4) is 0 Å². The van der Waals surface area contributed by atoms with Gasteiger partial charge in [0.15, 0.2) is 9.84 Å². The topological polar surface area (TPSA) is 49.4 Å². The van der Waals surface area contributed by atoms with Crippen molar-refractivity contribution >= 4 is 9.84 Å². The van der Waals surface area contributed by atoms with E-state index in [1.54, 1.807) is 5.57 Å². The third-order valence-electron chi connectivity index (χ3n) is 7.93. The summed E-state index contributed by atoms with van der Waals surface area (Å²) in [5.74, 6) is 1.67. The second kappa shape index (κ2) is 8.44. The molecular formula is C22H38N2O2S. The highest BCUT2D eigenvalue weighted by molar-refractivity contribution is 7.92. The molecule has 0 bridgehead atoms. The quantitative estimate of drug-likeness (QED) is 0.743. The Labute approximate surface area is 166 Å². The van der Waals surface area contributed by atoms with Crippen LogP contribution in [0, 0.1) is 11.8 Å². The summed E-state index contributed by atoms with van der Waals surface area (Å²) in [4.78, 5) is 2.52. The fraction of sp³-hybridized carbons (Fsp3) is 0.909. The highest BCUT2D eigenvalue weighted by Gasteiger charge is 2.38. The summed E-state index contributed by atoms with van der Waals surface area (Å²) in [6.07, 6.45) is 15.9. The molecule has 0 aromatic rings. The van der Waals surface area contributed by atoms with Gasteiger partial charge in [0.25, 0.3) is 0 Å². The van der Waals surface area contributed by atoms with Crippen LogP contribution in [0.5, 0.6) is 0 Å². The number of nitrogens with one attached hydrogen (secondary N) is 1. The Kier molecular flexibility index (Phi) is 6.18. The second-order valence-electron chi connectivity index (χ2n) is 9.67.